The van der Waals surface area contributed by atoms with Gasteiger partial charge in [-0.15, -0.1) is 0 Å². The van der Waals surface area contributed by atoms with Gasteiger partial charge in [-0.05, 0) is 82.5 Å². The molecule has 0 spiro atoms. The molecule has 0 aliphatic carbocycles. The molecular formula is C29H37N5O. The molecule has 2 saturated heterocycles. The van der Waals surface area contributed by atoms with Crippen molar-refractivity contribution in [2.75, 3.05) is 33.2 Å². The first-order valence-corrected chi connectivity index (χ1v) is 13.2. The van der Waals surface area contributed by atoms with Gasteiger partial charge in [-0.2, -0.15) is 0 Å². The third-order valence-electron chi connectivity index (χ3n) is 8.05. The minimum atomic E-state index is -0.262. The van der Waals surface area contributed by atoms with E-state index in [-0.39, 0.29) is 5.41 Å². The van der Waals surface area contributed by atoms with Crippen molar-refractivity contribution in [3.05, 3.63) is 66.4 Å². The highest BCUT2D eigenvalue weighted by Gasteiger charge is 2.43. The highest BCUT2D eigenvalue weighted by molar-refractivity contribution is 5.83. The molecule has 6 heteroatoms. The molecule has 3 aromatic rings. The monoisotopic (exact) mass is 471 g/mol. The van der Waals surface area contributed by atoms with Gasteiger partial charge in [-0.1, -0.05) is 24.3 Å². The van der Waals surface area contributed by atoms with Gasteiger partial charge in [0.2, 0.25) is 5.91 Å². The van der Waals surface area contributed by atoms with E-state index in [0.717, 1.165) is 88.8 Å². The molecule has 0 N–H and O–H groups in total. The quantitative estimate of drug-likeness (QED) is 0.506. The van der Waals surface area contributed by atoms with Crippen LogP contribution in [0.15, 0.2) is 55.1 Å². The first kappa shape index (κ1) is 23.9. The van der Waals surface area contributed by atoms with Crippen molar-refractivity contribution >= 4 is 16.8 Å². The molecule has 1 atom stereocenters. The second-order valence-electron chi connectivity index (χ2n) is 10.6. The Morgan fingerprint density at radius 3 is 2.71 bits per heavy atom. The van der Waals surface area contributed by atoms with Crippen molar-refractivity contribution in [1.29, 1.82) is 0 Å². The molecule has 0 radical (unpaired) electrons. The fourth-order valence-corrected chi connectivity index (χ4v) is 6.23. The Labute approximate surface area is 208 Å². The summed E-state index contributed by atoms with van der Waals surface area (Å²) in [6.45, 7) is 3.70. The molecule has 35 heavy (non-hydrogen) atoms. The lowest BCUT2D eigenvalue weighted by molar-refractivity contribution is -0.147. The summed E-state index contributed by atoms with van der Waals surface area (Å²) in [5.74, 6) is 0.988. The number of para-hydroxylation sites is 1. The van der Waals surface area contributed by atoms with E-state index in [0.29, 0.717) is 11.8 Å². The number of hydrogen-bond acceptors (Lipinski definition) is 5. The van der Waals surface area contributed by atoms with Gasteiger partial charge < -0.3 is 9.80 Å². The van der Waals surface area contributed by atoms with E-state index in [1.165, 1.54) is 10.9 Å². The van der Waals surface area contributed by atoms with Gasteiger partial charge in [0.25, 0.3) is 0 Å². The standard InChI is InChI=1S/C29H37N5O/c1-33-17-5-13-29(22-33,12-3-9-26-21-30-15-16-31-26)28(35)34-18-10-23(11-19-34)20-25-7-2-6-24-8-4-14-32-27(24)25/h2,4,6-8,14-16,21,23H,3,5,9-13,17-20,22H2,1H3/t29-/m0/s1. The molecule has 6 nitrogen and oxygen atoms in total. The number of amides is 1. The molecule has 2 aliphatic heterocycles. The van der Waals surface area contributed by atoms with E-state index in [1.54, 1.807) is 12.4 Å². The fraction of sp³-hybridized carbons (Fsp3) is 0.517. The summed E-state index contributed by atoms with van der Waals surface area (Å²) in [7, 11) is 2.16. The van der Waals surface area contributed by atoms with Crippen LogP contribution in [0.25, 0.3) is 10.9 Å². The zero-order chi connectivity index (χ0) is 24.1. The maximum atomic E-state index is 14.0. The van der Waals surface area contributed by atoms with Crippen LogP contribution in [0.1, 0.15) is 49.8 Å². The maximum Gasteiger partial charge on any atom is 0.230 e. The Morgan fingerprint density at radius 2 is 1.91 bits per heavy atom. The summed E-state index contributed by atoms with van der Waals surface area (Å²) >= 11 is 0. The Balaban J connectivity index is 1.21. The zero-order valence-electron chi connectivity index (χ0n) is 20.9. The lowest BCUT2D eigenvalue weighted by atomic mass is 9.74. The number of fused-ring (bicyclic) bond motifs is 1. The normalized spacial score (nSPS) is 21.9. The highest BCUT2D eigenvalue weighted by Crippen LogP contribution is 2.38. The molecule has 2 aliphatic rings. The number of carbonyl (C=O) groups is 1. The zero-order valence-corrected chi connectivity index (χ0v) is 20.9. The van der Waals surface area contributed by atoms with Crippen LogP contribution in [0, 0.1) is 11.3 Å². The van der Waals surface area contributed by atoms with Gasteiger partial charge >= 0.3 is 0 Å². The molecule has 0 bridgehead atoms. The highest BCUT2D eigenvalue weighted by atomic mass is 16.2. The predicted molar refractivity (Wildman–Crippen MR) is 139 cm³/mol. The number of pyridine rings is 1. The molecule has 0 unspecified atom stereocenters. The molecule has 184 valence electrons. The van der Waals surface area contributed by atoms with Crippen molar-refractivity contribution in [1.82, 2.24) is 24.8 Å². The van der Waals surface area contributed by atoms with Crippen LogP contribution >= 0.6 is 0 Å². The Bertz CT molecular complexity index is 1120. The summed E-state index contributed by atoms with van der Waals surface area (Å²) < 4.78 is 0. The van der Waals surface area contributed by atoms with E-state index in [2.05, 4.69) is 56.1 Å². The molecule has 1 aromatic carbocycles. The summed E-state index contributed by atoms with van der Waals surface area (Å²) in [5, 5.41) is 1.21. The smallest absolute Gasteiger partial charge is 0.230 e. The van der Waals surface area contributed by atoms with Gasteiger partial charge in [-0.25, -0.2) is 0 Å². The van der Waals surface area contributed by atoms with Crippen LogP contribution in [0.3, 0.4) is 0 Å². The number of rotatable bonds is 7. The third kappa shape index (κ3) is 5.53. The molecule has 2 fully saturated rings. The lowest BCUT2D eigenvalue weighted by Crippen LogP contribution is -2.54. The van der Waals surface area contributed by atoms with E-state index in [9.17, 15) is 4.79 Å². The average Bonchev–Trinajstić information content (AvgIpc) is 2.90. The largest absolute Gasteiger partial charge is 0.342 e. The van der Waals surface area contributed by atoms with E-state index >= 15 is 0 Å². The minimum absolute atomic E-state index is 0.262. The predicted octanol–water partition coefficient (Wildman–Crippen LogP) is 4.54. The number of carbonyl (C=O) groups excluding carboxylic acids is 1. The first-order valence-electron chi connectivity index (χ1n) is 13.2. The third-order valence-corrected chi connectivity index (χ3v) is 8.05. The number of aromatic nitrogens is 3. The van der Waals surface area contributed by atoms with E-state index < -0.39 is 0 Å². The van der Waals surface area contributed by atoms with Crippen LogP contribution in [-0.4, -0.2) is 63.9 Å². The van der Waals surface area contributed by atoms with E-state index in [4.69, 9.17) is 0 Å². The van der Waals surface area contributed by atoms with Crippen molar-refractivity contribution in [3.8, 4) is 0 Å². The van der Waals surface area contributed by atoms with Crippen LogP contribution in [-0.2, 0) is 17.6 Å². The van der Waals surface area contributed by atoms with E-state index in [1.807, 2.05) is 18.5 Å². The van der Waals surface area contributed by atoms with Crippen molar-refractivity contribution < 1.29 is 4.79 Å². The average molecular weight is 472 g/mol. The minimum Gasteiger partial charge on any atom is -0.342 e. The lowest BCUT2D eigenvalue weighted by Gasteiger charge is -2.45. The van der Waals surface area contributed by atoms with Crippen LogP contribution in [0.4, 0.5) is 0 Å². The number of benzene rings is 1. The van der Waals surface area contributed by atoms with Gasteiger partial charge in [-0.3, -0.25) is 19.7 Å². The fourth-order valence-electron chi connectivity index (χ4n) is 6.23. The van der Waals surface area contributed by atoms with Gasteiger partial charge in [0.1, 0.15) is 0 Å². The molecule has 0 saturated carbocycles. The summed E-state index contributed by atoms with van der Waals surface area (Å²) in [6, 6.07) is 10.6. The Morgan fingerprint density at radius 1 is 1.06 bits per heavy atom. The molecule has 2 aromatic heterocycles. The summed E-state index contributed by atoms with van der Waals surface area (Å²) in [4.78, 5) is 31.7. The van der Waals surface area contributed by atoms with Crippen molar-refractivity contribution in [2.24, 2.45) is 11.3 Å². The molecule has 4 heterocycles. The first-order chi connectivity index (χ1) is 17.1. The Hall–Kier alpha value is -2.86. The van der Waals surface area contributed by atoms with Gasteiger partial charge in [0.05, 0.1) is 16.6 Å². The van der Waals surface area contributed by atoms with Crippen molar-refractivity contribution in [2.45, 2.75) is 51.4 Å². The van der Waals surface area contributed by atoms with Crippen LogP contribution in [0.2, 0.25) is 0 Å². The number of nitrogens with zero attached hydrogens (tertiary/aromatic N) is 5. The SMILES string of the molecule is CN1CCC[C@](CCCc2cnccn2)(C(=O)N2CCC(Cc3cccc4cccnc34)CC2)C1. The van der Waals surface area contributed by atoms with Crippen LogP contribution in [0.5, 0.6) is 0 Å². The summed E-state index contributed by atoms with van der Waals surface area (Å²) in [5.41, 5.74) is 3.22. The molecular weight excluding hydrogens is 434 g/mol. The van der Waals surface area contributed by atoms with Gasteiger partial charge in [0, 0.05) is 49.8 Å². The second-order valence-corrected chi connectivity index (χ2v) is 10.6. The molecule has 5 rings (SSSR count). The second kappa shape index (κ2) is 10.8. The van der Waals surface area contributed by atoms with Crippen LogP contribution < -0.4 is 0 Å². The van der Waals surface area contributed by atoms with Gasteiger partial charge in [0.15, 0.2) is 0 Å². The number of likely N-dealkylation sites (tertiary alicyclic amines) is 2. The maximum absolute atomic E-state index is 14.0. The van der Waals surface area contributed by atoms with Crippen molar-refractivity contribution in [3.63, 3.8) is 0 Å². The number of piperidine rings is 2. The number of hydrogen-bond donors (Lipinski definition) is 0. The molecule has 1 amide bonds. The summed E-state index contributed by atoms with van der Waals surface area (Å²) in [6.07, 6.45) is 15.3. The topological polar surface area (TPSA) is 62.2 Å². The Kier molecular flexibility index (Phi) is 7.37. The number of aryl methyl sites for hydroxylation is 1.